The predicted molar refractivity (Wildman–Crippen MR) is 63.2 cm³/mol. The van der Waals surface area contributed by atoms with Gasteiger partial charge in [-0.2, -0.15) is 0 Å². The van der Waals surface area contributed by atoms with Gasteiger partial charge in [0.05, 0.1) is 22.9 Å². The Kier molecular flexibility index (Phi) is 3.20. The first-order chi connectivity index (χ1) is 8.50. The molecule has 0 radical (unpaired) electrons. The van der Waals surface area contributed by atoms with Gasteiger partial charge >= 0.3 is 11.9 Å². The van der Waals surface area contributed by atoms with Crippen molar-refractivity contribution < 1.29 is 24.9 Å². The van der Waals surface area contributed by atoms with E-state index in [0.717, 1.165) is 0 Å². The van der Waals surface area contributed by atoms with E-state index in [2.05, 4.69) is 0 Å². The normalized spacial score (nSPS) is 18.9. The van der Waals surface area contributed by atoms with Gasteiger partial charge in [-0.3, -0.25) is 0 Å². The summed E-state index contributed by atoms with van der Waals surface area (Å²) in [7, 11) is 0. The Bertz CT molecular complexity index is 499. The van der Waals surface area contributed by atoms with Crippen LogP contribution in [0.15, 0.2) is 18.2 Å². The monoisotopic (exact) mass is 251 g/mol. The van der Waals surface area contributed by atoms with Crippen LogP contribution in [-0.4, -0.2) is 46.5 Å². The average molecular weight is 251 g/mol. The van der Waals surface area contributed by atoms with Gasteiger partial charge in [-0.05, 0) is 18.6 Å². The first kappa shape index (κ1) is 12.4. The molecule has 1 aromatic carbocycles. The van der Waals surface area contributed by atoms with Gasteiger partial charge in [0, 0.05) is 13.1 Å². The minimum Gasteiger partial charge on any atom is -0.478 e. The number of hydrogen-bond donors (Lipinski definition) is 3. The van der Waals surface area contributed by atoms with E-state index in [1.807, 2.05) is 0 Å². The van der Waals surface area contributed by atoms with E-state index in [-0.39, 0.29) is 11.1 Å². The molecule has 0 aliphatic carbocycles. The molecule has 96 valence electrons. The molecule has 0 aromatic heterocycles. The van der Waals surface area contributed by atoms with Gasteiger partial charge in [0.25, 0.3) is 0 Å². The lowest BCUT2D eigenvalue weighted by atomic mass is 10.0. The largest absolute Gasteiger partial charge is 0.478 e. The molecule has 6 nitrogen and oxygen atoms in total. The number of aliphatic hydroxyl groups is 1. The molecular weight excluding hydrogens is 238 g/mol. The van der Waals surface area contributed by atoms with Crippen LogP contribution in [0.2, 0.25) is 0 Å². The summed E-state index contributed by atoms with van der Waals surface area (Å²) in [5.41, 5.74) is -0.112. The van der Waals surface area contributed by atoms with Crippen molar-refractivity contribution in [3.63, 3.8) is 0 Å². The summed E-state index contributed by atoms with van der Waals surface area (Å²) in [6.07, 6.45) is 0.0521. The van der Waals surface area contributed by atoms with E-state index < -0.39 is 18.0 Å². The number of aliphatic hydroxyl groups excluding tert-OH is 1. The number of carbonyl (C=O) groups is 2. The molecule has 6 heteroatoms. The van der Waals surface area contributed by atoms with Crippen LogP contribution >= 0.6 is 0 Å². The van der Waals surface area contributed by atoms with Gasteiger partial charge in [-0.15, -0.1) is 0 Å². The number of nitrogens with zero attached hydrogens (tertiary/aromatic N) is 1. The lowest BCUT2D eigenvalue weighted by Gasteiger charge is -2.20. The molecule has 1 aliphatic heterocycles. The molecule has 1 fully saturated rings. The number of rotatable bonds is 3. The maximum atomic E-state index is 11.2. The summed E-state index contributed by atoms with van der Waals surface area (Å²) >= 11 is 0. The number of β-amino-alcohol motifs (C(OH)–C–C–N with tert-alkyl or cyclic N) is 1. The summed E-state index contributed by atoms with van der Waals surface area (Å²) < 4.78 is 0. The first-order valence-corrected chi connectivity index (χ1v) is 5.53. The van der Waals surface area contributed by atoms with E-state index in [9.17, 15) is 14.7 Å². The Balaban J connectivity index is 2.50. The molecule has 2 rings (SSSR count). The highest BCUT2D eigenvalue weighted by Crippen LogP contribution is 2.27. The Labute approximate surface area is 103 Å². The van der Waals surface area contributed by atoms with Crippen LogP contribution in [0.25, 0.3) is 0 Å². The molecule has 1 aliphatic rings. The maximum Gasteiger partial charge on any atom is 0.338 e. The van der Waals surface area contributed by atoms with Crippen LogP contribution in [0, 0.1) is 0 Å². The minimum atomic E-state index is -1.27. The molecule has 1 heterocycles. The van der Waals surface area contributed by atoms with Gasteiger partial charge in [0.2, 0.25) is 0 Å². The molecule has 1 aromatic rings. The van der Waals surface area contributed by atoms with Crippen molar-refractivity contribution in [3.05, 3.63) is 29.3 Å². The third-order valence-electron chi connectivity index (χ3n) is 2.99. The summed E-state index contributed by atoms with van der Waals surface area (Å²) in [6.45, 7) is 0.841. The SMILES string of the molecule is O=C(O)c1cccc(N2CC[C@H](O)C2)c1C(=O)O. The van der Waals surface area contributed by atoms with Crippen molar-refractivity contribution in [2.24, 2.45) is 0 Å². The zero-order valence-electron chi connectivity index (χ0n) is 9.54. The number of anilines is 1. The van der Waals surface area contributed by atoms with E-state index in [0.29, 0.717) is 25.2 Å². The van der Waals surface area contributed by atoms with Crippen LogP contribution in [0.4, 0.5) is 5.69 Å². The average Bonchev–Trinajstić information content (AvgIpc) is 2.74. The van der Waals surface area contributed by atoms with Crippen LogP contribution in [0.3, 0.4) is 0 Å². The number of hydrogen-bond acceptors (Lipinski definition) is 4. The number of carboxylic acids is 2. The second-order valence-electron chi connectivity index (χ2n) is 4.20. The summed E-state index contributed by atoms with van der Waals surface area (Å²) in [5, 5.41) is 27.6. The topological polar surface area (TPSA) is 98.1 Å². The third-order valence-corrected chi connectivity index (χ3v) is 2.99. The summed E-state index contributed by atoms with van der Waals surface area (Å²) in [5.74, 6) is -2.54. The molecule has 0 bridgehead atoms. The standard InChI is InChI=1S/C12H13NO5/c14-7-4-5-13(6-7)9-3-1-2-8(11(15)16)10(9)12(17)18/h1-3,7,14H,4-6H2,(H,15,16)(H,17,18)/t7-/m0/s1. The molecule has 0 unspecified atom stereocenters. The minimum absolute atomic E-state index is 0.223. The number of aromatic carboxylic acids is 2. The van der Waals surface area contributed by atoms with Crippen molar-refractivity contribution >= 4 is 17.6 Å². The van der Waals surface area contributed by atoms with E-state index >= 15 is 0 Å². The molecule has 1 saturated heterocycles. The molecular formula is C12H13NO5. The van der Waals surface area contributed by atoms with Crippen molar-refractivity contribution in [2.75, 3.05) is 18.0 Å². The first-order valence-electron chi connectivity index (χ1n) is 5.53. The van der Waals surface area contributed by atoms with Gasteiger partial charge < -0.3 is 20.2 Å². The third kappa shape index (κ3) is 2.14. The predicted octanol–water partition coefficient (Wildman–Crippen LogP) is 0.654. The second-order valence-corrected chi connectivity index (χ2v) is 4.20. The van der Waals surface area contributed by atoms with Crippen molar-refractivity contribution in [1.29, 1.82) is 0 Å². The molecule has 18 heavy (non-hydrogen) atoms. The molecule has 0 spiro atoms. The highest BCUT2D eigenvalue weighted by atomic mass is 16.4. The van der Waals surface area contributed by atoms with Gasteiger partial charge in [0.15, 0.2) is 0 Å². The van der Waals surface area contributed by atoms with Crippen LogP contribution < -0.4 is 4.90 Å². The Morgan fingerprint density at radius 3 is 2.44 bits per heavy atom. The van der Waals surface area contributed by atoms with E-state index in [1.165, 1.54) is 12.1 Å². The fraction of sp³-hybridized carbons (Fsp3) is 0.333. The molecule has 0 amide bonds. The summed E-state index contributed by atoms with van der Waals surface area (Å²) in [6, 6.07) is 4.34. The van der Waals surface area contributed by atoms with Crippen LogP contribution in [0.5, 0.6) is 0 Å². The fourth-order valence-corrected chi connectivity index (χ4v) is 2.17. The molecule has 3 N–H and O–H groups in total. The zero-order valence-corrected chi connectivity index (χ0v) is 9.54. The van der Waals surface area contributed by atoms with E-state index in [1.54, 1.807) is 11.0 Å². The van der Waals surface area contributed by atoms with Crippen molar-refractivity contribution in [2.45, 2.75) is 12.5 Å². The van der Waals surface area contributed by atoms with Gasteiger partial charge in [-0.25, -0.2) is 9.59 Å². The van der Waals surface area contributed by atoms with Crippen LogP contribution in [-0.2, 0) is 0 Å². The highest BCUT2D eigenvalue weighted by Gasteiger charge is 2.27. The number of carboxylic acid groups (broad SMARTS) is 2. The van der Waals surface area contributed by atoms with Gasteiger partial charge in [-0.1, -0.05) is 6.07 Å². The zero-order chi connectivity index (χ0) is 13.3. The molecule has 0 saturated carbocycles. The summed E-state index contributed by atoms with van der Waals surface area (Å²) in [4.78, 5) is 24.0. The highest BCUT2D eigenvalue weighted by molar-refractivity contribution is 6.06. The fourth-order valence-electron chi connectivity index (χ4n) is 2.17. The Morgan fingerprint density at radius 2 is 1.94 bits per heavy atom. The van der Waals surface area contributed by atoms with Crippen molar-refractivity contribution in [3.8, 4) is 0 Å². The maximum absolute atomic E-state index is 11.2. The lowest BCUT2D eigenvalue weighted by Crippen LogP contribution is -2.24. The quantitative estimate of drug-likeness (QED) is 0.729. The Morgan fingerprint density at radius 1 is 1.22 bits per heavy atom. The molecule has 1 atom stereocenters. The van der Waals surface area contributed by atoms with E-state index in [4.69, 9.17) is 10.2 Å². The van der Waals surface area contributed by atoms with Crippen molar-refractivity contribution in [1.82, 2.24) is 0 Å². The second kappa shape index (κ2) is 4.66. The van der Waals surface area contributed by atoms with Crippen LogP contribution in [0.1, 0.15) is 27.1 Å². The Hall–Kier alpha value is -2.08. The smallest absolute Gasteiger partial charge is 0.338 e. The number of benzene rings is 1. The van der Waals surface area contributed by atoms with Gasteiger partial charge in [0.1, 0.15) is 0 Å². The lowest BCUT2D eigenvalue weighted by molar-refractivity contribution is 0.0652.